The topological polar surface area (TPSA) is 24.8 Å². The quantitative estimate of drug-likeness (QED) is 0.359. The zero-order valence-corrected chi connectivity index (χ0v) is 20.1. The van der Waals surface area contributed by atoms with Crippen molar-refractivity contribution < 1.29 is 4.74 Å². The lowest BCUT2D eigenvalue weighted by atomic mass is 9.74. The number of thioether (sulfide) groups is 1. The highest BCUT2D eigenvalue weighted by Crippen LogP contribution is 2.55. The number of aliphatic imine (C=N–C) groups is 1. The highest BCUT2D eigenvalue weighted by Gasteiger charge is 2.52. The van der Waals surface area contributed by atoms with Crippen LogP contribution in [0.5, 0.6) is 5.75 Å². The molecule has 0 amide bonds. The van der Waals surface area contributed by atoms with E-state index in [-0.39, 0.29) is 17.5 Å². The molecule has 2 unspecified atom stereocenters. The van der Waals surface area contributed by atoms with Gasteiger partial charge >= 0.3 is 0 Å². The summed E-state index contributed by atoms with van der Waals surface area (Å²) in [7, 11) is 0. The number of allylic oxidation sites excluding steroid dienone is 1. The van der Waals surface area contributed by atoms with Crippen LogP contribution in [0.1, 0.15) is 37.9 Å². The molecule has 156 valence electrons. The molecule has 0 aromatic heterocycles. The van der Waals surface area contributed by atoms with Crippen LogP contribution in [-0.2, 0) is 0 Å². The van der Waals surface area contributed by atoms with Crippen LogP contribution < -0.4 is 4.74 Å². The summed E-state index contributed by atoms with van der Waals surface area (Å²) < 4.78 is 7.44. The number of rotatable bonds is 1. The molecule has 3 nitrogen and oxygen atoms in total. The molecule has 0 N–H and O–H groups in total. The van der Waals surface area contributed by atoms with Gasteiger partial charge in [0.15, 0.2) is 5.17 Å². The summed E-state index contributed by atoms with van der Waals surface area (Å²) in [4.78, 5) is 9.12. The van der Waals surface area contributed by atoms with Crippen molar-refractivity contribution in [3.05, 3.63) is 81.2 Å². The summed E-state index contributed by atoms with van der Waals surface area (Å²) in [6.07, 6.45) is 0. The number of nitrogens with zero attached hydrogens (tertiary/aromatic N) is 2. The van der Waals surface area contributed by atoms with Crippen molar-refractivity contribution in [2.45, 2.75) is 32.4 Å². The van der Waals surface area contributed by atoms with Gasteiger partial charge < -0.3 is 9.64 Å². The summed E-state index contributed by atoms with van der Waals surface area (Å²) in [5.41, 5.74) is 3.60. The molecule has 5 heteroatoms. The molecule has 3 aliphatic rings. The Labute approximate surface area is 195 Å². The molecule has 3 aromatic rings. The van der Waals surface area contributed by atoms with Crippen molar-refractivity contribution in [2.24, 2.45) is 10.9 Å². The summed E-state index contributed by atoms with van der Waals surface area (Å²) in [6.45, 7) is 7.57. The Kier molecular flexibility index (Phi) is 4.31. The van der Waals surface area contributed by atoms with Crippen LogP contribution in [-0.4, -0.2) is 22.2 Å². The molecule has 3 heterocycles. The third-order valence-electron chi connectivity index (χ3n) is 6.87. The maximum absolute atomic E-state index is 6.34. The van der Waals surface area contributed by atoms with Gasteiger partial charge in [0.1, 0.15) is 5.75 Å². The van der Waals surface area contributed by atoms with Gasteiger partial charge in [-0.25, -0.2) is 0 Å². The second-order valence-corrected chi connectivity index (χ2v) is 11.1. The zero-order valence-electron chi connectivity index (χ0n) is 17.7. The number of halogens is 1. The molecule has 2 atom stereocenters. The molecule has 0 spiro atoms. The zero-order chi connectivity index (χ0) is 21.3. The van der Waals surface area contributed by atoms with Gasteiger partial charge in [-0.2, -0.15) is 0 Å². The van der Waals surface area contributed by atoms with Crippen LogP contribution in [0.3, 0.4) is 0 Å². The molecular formula is C26H23BrN2OS. The van der Waals surface area contributed by atoms with E-state index >= 15 is 0 Å². The summed E-state index contributed by atoms with van der Waals surface area (Å²) in [6, 6.07) is 21.6. The molecule has 0 saturated heterocycles. The number of amidine groups is 1. The van der Waals surface area contributed by atoms with Crippen LogP contribution in [0.4, 0.5) is 0 Å². The SMILES string of the molecule is CC1=C(c2ccc(Br)cc2)N2C(=NC3c4c(ccc5ccccc45)OCC3C2(C)C)S1. The molecule has 0 fully saturated rings. The smallest absolute Gasteiger partial charge is 0.169 e. The highest BCUT2D eigenvalue weighted by molar-refractivity contribution is 9.10. The molecule has 0 aliphatic carbocycles. The van der Waals surface area contributed by atoms with Gasteiger partial charge in [-0.1, -0.05) is 70.2 Å². The number of hydrogen-bond donors (Lipinski definition) is 0. The van der Waals surface area contributed by atoms with Gasteiger partial charge in [0.05, 0.1) is 18.3 Å². The first kappa shape index (κ1) is 19.4. The van der Waals surface area contributed by atoms with E-state index in [1.165, 1.54) is 32.5 Å². The minimum absolute atomic E-state index is 0.0978. The molecule has 0 saturated carbocycles. The lowest BCUT2D eigenvalue weighted by Crippen LogP contribution is -2.56. The largest absolute Gasteiger partial charge is 0.493 e. The highest BCUT2D eigenvalue weighted by atomic mass is 79.9. The Morgan fingerprint density at radius 1 is 1.06 bits per heavy atom. The van der Waals surface area contributed by atoms with Crippen LogP contribution >= 0.6 is 27.7 Å². The second kappa shape index (κ2) is 6.88. The van der Waals surface area contributed by atoms with Crippen LogP contribution in [0.15, 0.2) is 75.0 Å². The van der Waals surface area contributed by atoms with E-state index in [2.05, 4.69) is 102 Å². The van der Waals surface area contributed by atoms with Crippen LogP contribution in [0.2, 0.25) is 0 Å². The minimum Gasteiger partial charge on any atom is -0.493 e. The third kappa shape index (κ3) is 2.82. The second-order valence-electron chi connectivity index (χ2n) is 8.98. The number of ether oxygens (including phenoxy) is 1. The molecular weight excluding hydrogens is 468 g/mol. The van der Waals surface area contributed by atoms with E-state index in [0.29, 0.717) is 6.61 Å². The molecule has 3 aromatic carbocycles. The normalized spacial score (nSPS) is 23.7. The van der Waals surface area contributed by atoms with E-state index < -0.39 is 0 Å². The fraction of sp³-hybridized carbons (Fsp3) is 0.269. The van der Waals surface area contributed by atoms with Gasteiger partial charge in [0.2, 0.25) is 0 Å². The average Bonchev–Trinajstić information content (AvgIpc) is 3.10. The van der Waals surface area contributed by atoms with E-state index in [9.17, 15) is 0 Å². The minimum atomic E-state index is -0.135. The summed E-state index contributed by atoms with van der Waals surface area (Å²) >= 11 is 5.36. The third-order valence-corrected chi connectivity index (χ3v) is 8.37. The van der Waals surface area contributed by atoms with E-state index in [4.69, 9.17) is 9.73 Å². The van der Waals surface area contributed by atoms with Crippen LogP contribution in [0, 0.1) is 5.92 Å². The Morgan fingerprint density at radius 2 is 1.84 bits per heavy atom. The first-order valence-corrected chi connectivity index (χ1v) is 12.2. The predicted octanol–water partition coefficient (Wildman–Crippen LogP) is 7.24. The Morgan fingerprint density at radius 3 is 2.65 bits per heavy atom. The predicted molar refractivity (Wildman–Crippen MR) is 133 cm³/mol. The first-order valence-electron chi connectivity index (χ1n) is 10.6. The number of benzene rings is 3. The molecule has 31 heavy (non-hydrogen) atoms. The van der Waals surface area contributed by atoms with Crippen molar-refractivity contribution in [1.29, 1.82) is 0 Å². The Balaban J connectivity index is 1.53. The molecule has 3 aliphatic heterocycles. The van der Waals surface area contributed by atoms with E-state index in [1.807, 2.05) is 0 Å². The van der Waals surface area contributed by atoms with E-state index in [0.717, 1.165) is 15.4 Å². The van der Waals surface area contributed by atoms with Gasteiger partial charge in [-0.3, -0.25) is 4.99 Å². The Bertz CT molecular complexity index is 1280. The number of fused-ring (bicyclic) bond motifs is 6. The van der Waals surface area contributed by atoms with Gasteiger partial charge in [-0.05, 0) is 55.3 Å². The molecule has 0 bridgehead atoms. The van der Waals surface area contributed by atoms with Gasteiger partial charge in [0.25, 0.3) is 0 Å². The standard InChI is InChI=1S/C26H23BrN2OS/c1-15-24(17-8-11-18(27)12-9-17)29-25(31-15)28-23-20(26(29,2)3)14-30-21-13-10-16-6-4-5-7-19(16)22(21)23/h4-13,20,23H,14H2,1-3H3. The maximum Gasteiger partial charge on any atom is 0.169 e. The summed E-state index contributed by atoms with van der Waals surface area (Å²) in [5, 5.41) is 3.60. The van der Waals surface area contributed by atoms with E-state index in [1.54, 1.807) is 11.8 Å². The molecule has 6 rings (SSSR count). The molecule has 0 radical (unpaired) electrons. The van der Waals surface area contributed by atoms with Gasteiger partial charge in [0, 0.05) is 26.4 Å². The maximum atomic E-state index is 6.34. The van der Waals surface area contributed by atoms with Crippen molar-refractivity contribution in [3.8, 4) is 5.75 Å². The van der Waals surface area contributed by atoms with Crippen molar-refractivity contribution in [3.63, 3.8) is 0 Å². The lowest BCUT2D eigenvalue weighted by molar-refractivity contribution is 0.0753. The lowest BCUT2D eigenvalue weighted by Gasteiger charge is -2.51. The average molecular weight is 491 g/mol. The number of hydrogen-bond acceptors (Lipinski definition) is 4. The van der Waals surface area contributed by atoms with Crippen LogP contribution in [0.25, 0.3) is 16.5 Å². The fourth-order valence-electron chi connectivity index (χ4n) is 5.25. The van der Waals surface area contributed by atoms with Gasteiger partial charge in [-0.15, -0.1) is 0 Å². The first-order chi connectivity index (χ1) is 14.9. The fourth-order valence-corrected chi connectivity index (χ4v) is 6.68. The monoisotopic (exact) mass is 490 g/mol. The van der Waals surface area contributed by atoms with Crippen molar-refractivity contribution in [2.75, 3.05) is 6.61 Å². The summed E-state index contributed by atoms with van der Waals surface area (Å²) in [5.74, 6) is 1.24. The van der Waals surface area contributed by atoms with Crippen molar-refractivity contribution >= 4 is 49.3 Å². The Hall–Kier alpha value is -2.24. The van der Waals surface area contributed by atoms with Crippen molar-refractivity contribution in [1.82, 2.24) is 4.90 Å².